The lowest BCUT2D eigenvalue weighted by atomic mass is 9.95. The fourth-order valence-electron chi connectivity index (χ4n) is 3.79. The molecule has 0 N–H and O–H groups in total. The van der Waals surface area contributed by atoms with E-state index in [1.807, 2.05) is 12.1 Å². The van der Waals surface area contributed by atoms with Gasteiger partial charge in [0, 0.05) is 44.2 Å². The van der Waals surface area contributed by atoms with Gasteiger partial charge in [-0.3, -0.25) is 9.69 Å². The SMILES string of the molecule is CCCCCC(C)CCC(=O)c1ccc(/C=C/C(C)N2CCN(C)CC2)cc1. The standard InChI is InChI=1S/C25H40N2O/c1-5-6-7-8-21(2)9-16-25(28)24-14-12-23(13-15-24)11-10-22(3)27-19-17-26(4)18-20-27/h10-15,21-22H,5-9,16-20H2,1-4H3/b11-10+. The molecule has 1 heterocycles. The molecule has 2 unspecified atom stereocenters. The molecule has 28 heavy (non-hydrogen) atoms. The Bertz CT molecular complexity index is 599. The van der Waals surface area contributed by atoms with Crippen molar-refractivity contribution >= 4 is 11.9 Å². The summed E-state index contributed by atoms with van der Waals surface area (Å²) >= 11 is 0. The van der Waals surface area contributed by atoms with E-state index in [9.17, 15) is 4.79 Å². The van der Waals surface area contributed by atoms with Crippen LogP contribution in [0.3, 0.4) is 0 Å². The van der Waals surface area contributed by atoms with Crippen LogP contribution in [0.25, 0.3) is 6.08 Å². The number of Topliss-reactive ketones (excluding diaryl/α,β-unsaturated/α-hetero) is 1. The molecule has 0 bridgehead atoms. The lowest BCUT2D eigenvalue weighted by Gasteiger charge is -2.35. The molecule has 1 fully saturated rings. The van der Waals surface area contributed by atoms with Gasteiger partial charge in [0.15, 0.2) is 5.78 Å². The molecule has 0 aromatic heterocycles. The van der Waals surface area contributed by atoms with Crippen LogP contribution in [-0.2, 0) is 0 Å². The number of hydrogen-bond acceptors (Lipinski definition) is 3. The Morgan fingerprint density at radius 1 is 1.04 bits per heavy atom. The van der Waals surface area contributed by atoms with E-state index in [2.05, 4.69) is 61.9 Å². The topological polar surface area (TPSA) is 23.6 Å². The van der Waals surface area contributed by atoms with Crippen LogP contribution in [0.15, 0.2) is 30.3 Å². The maximum absolute atomic E-state index is 12.5. The van der Waals surface area contributed by atoms with E-state index in [0.29, 0.717) is 18.4 Å². The third-order valence-electron chi connectivity index (χ3n) is 6.08. The summed E-state index contributed by atoms with van der Waals surface area (Å²) in [5.74, 6) is 0.928. The molecular formula is C25H40N2O. The van der Waals surface area contributed by atoms with Crippen molar-refractivity contribution in [3.63, 3.8) is 0 Å². The molecule has 0 radical (unpaired) electrons. The van der Waals surface area contributed by atoms with Gasteiger partial charge in [0.2, 0.25) is 0 Å². The van der Waals surface area contributed by atoms with E-state index in [4.69, 9.17) is 0 Å². The van der Waals surface area contributed by atoms with Crippen molar-refractivity contribution < 1.29 is 4.79 Å². The second kappa shape index (κ2) is 12.2. The Balaban J connectivity index is 1.78. The molecule has 0 spiro atoms. The number of rotatable bonds is 11. The van der Waals surface area contributed by atoms with Crippen LogP contribution in [0.4, 0.5) is 0 Å². The first-order valence-corrected chi connectivity index (χ1v) is 11.2. The minimum absolute atomic E-state index is 0.281. The lowest BCUT2D eigenvalue weighted by molar-refractivity contribution is 0.0974. The fraction of sp³-hybridized carbons (Fsp3) is 0.640. The number of nitrogens with zero attached hydrogens (tertiary/aromatic N) is 2. The first-order chi connectivity index (χ1) is 13.5. The number of ketones is 1. The largest absolute Gasteiger partial charge is 0.304 e. The second-order valence-corrected chi connectivity index (χ2v) is 8.62. The summed E-state index contributed by atoms with van der Waals surface area (Å²) < 4.78 is 0. The number of benzene rings is 1. The molecule has 0 amide bonds. The number of carbonyl (C=O) groups is 1. The van der Waals surface area contributed by atoms with Crippen LogP contribution < -0.4 is 0 Å². The predicted octanol–water partition coefficient (Wildman–Crippen LogP) is 5.52. The summed E-state index contributed by atoms with van der Waals surface area (Å²) in [4.78, 5) is 17.4. The minimum Gasteiger partial charge on any atom is -0.304 e. The van der Waals surface area contributed by atoms with Gasteiger partial charge in [-0.2, -0.15) is 0 Å². The minimum atomic E-state index is 0.281. The summed E-state index contributed by atoms with van der Waals surface area (Å²) in [6, 6.07) is 8.58. The third-order valence-corrected chi connectivity index (χ3v) is 6.08. The fourth-order valence-corrected chi connectivity index (χ4v) is 3.79. The molecular weight excluding hydrogens is 344 g/mol. The molecule has 3 heteroatoms. The van der Waals surface area contributed by atoms with E-state index in [1.54, 1.807) is 0 Å². The summed E-state index contributed by atoms with van der Waals surface area (Å²) in [6.45, 7) is 11.3. The van der Waals surface area contributed by atoms with Gasteiger partial charge in [0.1, 0.15) is 0 Å². The first kappa shape index (κ1) is 22.8. The number of unbranched alkanes of at least 4 members (excludes halogenated alkanes) is 2. The van der Waals surface area contributed by atoms with Crippen molar-refractivity contribution in [1.82, 2.24) is 9.80 Å². The van der Waals surface area contributed by atoms with Gasteiger partial charge in [0.25, 0.3) is 0 Å². The van der Waals surface area contributed by atoms with Crippen LogP contribution in [0.2, 0.25) is 0 Å². The van der Waals surface area contributed by atoms with Crippen molar-refractivity contribution in [1.29, 1.82) is 0 Å². The zero-order valence-electron chi connectivity index (χ0n) is 18.5. The maximum Gasteiger partial charge on any atom is 0.162 e. The molecule has 2 atom stereocenters. The highest BCUT2D eigenvalue weighted by Gasteiger charge is 2.17. The lowest BCUT2D eigenvalue weighted by Crippen LogP contribution is -2.47. The number of hydrogen-bond donors (Lipinski definition) is 0. The van der Waals surface area contributed by atoms with Gasteiger partial charge in [-0.1, -0.05) is 75.9 Å². The van der Waals surface area contributed by atoms with Crippen molar-refractivity contribution in [3.05, 3.63) is 41.5 Å². The third kappa shape index (κ3) is 7.89. The number of likely N-dealkylation sites (N-methyl/N-ethyl adjacent to an activating group) is 1. The first-order valence-electron chi connectivity index (χ1n) is 11.2. The summed E-state index contributed by atoms with van der Waals surface area (Å²) in [6.07, 6.45) is 11.2. The van der Waals surface area contributed by atoms with Crippen LogP contribution in [0, 0.1) is 5.92 Å². The van der Waals surface area contributed by atoms with Gasteiger partial charge in [0.05, 0.1) is 0 Å². The summed E-state index contributed by atoms with van der Waals surface area (Å²) in [7, 11) is 2.19. The average Bonchev–Trinajstić information content (AvgIpc) is 2.71. The Morgan fingerprint density at radius 2 is 1.71 bits per heavy atom. The molecule has 0 aliphatic carbocycles. The Hall–Kier alpha value is -1.45. The van der Waals surface area contributed by atoms with Crippen molar-refractivity contribution in [3.8, 4) is 0 Å². The van der Waals surface area contributed by atoms with Crippen LogP contribution >= 0.6 is 0 Å². The van der Waals surface area contributed by atoms with E-state index in [0.717, 1.165) is 38.2 Å². The van der Waals surface area contributed by atoms with Crippen molar-refractivity contribution in [2.45, 2.75) is 65.3 Å². The molecule has 1 aliphatic rings. The molecule has 3 nitrogen and oxygen atoms in total. The predicted molar refractivity (Wildman–Crippen MR) is 121 cm³/mol. The normalized spacial score (nSPS) is 18.4. The molecule has 156 valence electrons. The zero-order valence-corrected chi connectivity index (χ0v) is 18.5. The highest BCUT2D eigenvalue weighted by Crippen LogP contribution is 2.17. The monoisotopic (exact) mass is 384 g/mol. The number of piperazine rings is 1. The Morgan fingerprint density at radius 3 is 2.36 bits per heavy atom. The van der Waals surface area contributed by atoms with E-state index in [1.165, 1.54) is 31.2 Å². The van der Waals surface area contributed by atoms with Gasteiger partial charge >= 0.3 is 0 Å². The highest BCUT2D eigenvalue weighted by atomic mass is 16.1. The molecule has 2 rings (SSSR count). The molecule has 0 saturated carbocycles. The maximum atomic E-state index is 12.5. The van der Waals surface area contributed by atoms with E-state index < -0.39 is 0 Å². The smallest absolute Gasteiger partial charge is 0.162 e. The van der Waals surface area contributed by atoms with E-state index in [-0.39, 0.29) is 5.78 Å². The van der Waals surface area contributed by atoms with Crippen LogP contribution in [0.1, 0.15) is 75.2 Å². The molecule has 1 aromatic carbocycles. The van der Waals surface area contributed by atoms with Gasteiger partial charge < -0.3 is 4.90 Å². The van der Waals surface area contributed by atoms with Crippen molar-refractivity contribution in [2.75, 3.05) is 33.2 Å². The highest BCUT2D eigenvalue weighted by molar-refractivity contribution is 5.96. The van der Waals surface area contributed by atoms with E-state index >= 15 is 0 Å². The quantitative estimate of drug-likeness (QED) is 0.371. The average molecular weight is 385 g/mol. The van der Waals surface area contributed by atoms with Gasteiger partial charge in [-0.05, 0) is 31.9 Å². The Labute approximate surface area is 172 Å². The summed E-state index contributed by atoms with van der Waals surface area (Å²) in [5.41, 5.74) is 2.02. The van der Waals surface area contributed by atoms with Gasteiger partial charge in [-0.15, -0.1) is 0 Å². The second-order valence-electron chi connectivity index (χ2n) is 8.62. The van der Waals surface area contributed by atoms with Crippen LogP contribution in [0.5, 0.6) is 0 Å². The van der Waals surface area contributed by atoms with Crippen LogP contribution in [-0.4, -0.2) is 54.9 Å². The van der Waals surface area contributed by atoms with Crippen molar-refractivity contribution in [2.24, 2.45) is 5.92 Å². The molecule has 1 saturated heterocycles. The zero-order chi connectivity index (χ0) is 20.4. The molecule has 1 aliphatic heterocycles. The van der Waals surface area contributed by atoms with Gasteiger partial charge in [-0.25, -0.2) is 0 Å². The number of carbonyl (C=O) groups excluding carboxylic acids is 1. The summed E-state index contributed by atoms with van der Waals surface area (Å²) in [5, 5.41) is 0. The Kier molecular flexibility index (Phi) is 9.94. The molecule has 1 aromatic rings.